The molecule has 3 heterocycles. The molecule has 7 nitrogen and oxygen atoms in total. The Kier molecular flexibility index (Phi) is 4.87. The van der Waals surface area contributed by atoms with Crippen LogP contribution in [0.5, 0.6) is 0 Å². The smallest absolute Gasteiger partial charge is 0.293 e. The number of nitrogens with zero attached hydrogens (tertiary/aromatic N) is 3. The Balaban J connectivity index is 1.55. The lowest BCUT2D eigenvalue weighted by Gasteiger charge is -2.17. The van der Waals surface area contributed by atoms with Crippen molar-refractivity contribution < 1.29 is 9.72 Å². The van der Waals surface area contributed by atoms with Gasteiger partial charge < -0.3 is 4.90 Å². The van der Waals surface area contributed by atoms with Crippen LogP contribution in [0.2, 0.25) is 0 Å². The average Bonchev–Trinajstić information content (AvgIpc) is 3.42. The van der Waals surface area contributed by atoms with Crippen molar-refractivity contribution in [1.29, 1.82) is 0 Å². The van der Waals surface area contributed by atoms with Crippen LogP contribution in [-0.4, -0.2) is 28.9 Å². The molecule has 0 bridgehead atoms. The maximum Gasteiger partial charge on any atom is 0.293 e. The summed E-state index contributed by atoms with van der Waals surface area (Å²) in [4.78, 5) is 31.0. The van der Waals surface area contributed by atoms with Gasteiger partial charge in [-0.1, -0.05) is 6.07 Å². The number of hydrogen-bond acceptors (Lipinski definition) is 7. The molecule has 0 saturated carbocycles. The molecule has 0 aliphatic carbocycles. The van der Waals surface area contributed by atoms with Crippen molar-refractivity contribution in [3.8, 4) is 10.6 Å². The third-order valence-corrected chi connectivity index (χ3v) is 6.03. The van der Waals surface area contributed by atoms with Gasteiger partial charge in [0, 0.05) is 30.1 Å². The molecule has 0 atom stereocenters. The van der Waals surface area contributed by atoms with Gasteiger partial charge in [-0.2, -0.15) is 0 Å². The third kappa shape index (κ3) is 3.69. The van der Waals surface area contributed by atoms with Gasteiger partial charge in [-0.25, -0.2) is 4.98 Å². The van der Waals surface area contributed by atoms with Crippen molar-refractivity contribution in [3.05, 3.63) is 56.8 Å². The van der Waals surface area contributed by atoms with E-state index >= 15 is 0 Å². The van der Waals surface area contributed by atoms with E-state index in [-0.39, 0.29) is 11.3 Å². The first-order chi connectivity index (χ1) is 13.1. The molecule has 138 valence electrons. The molecule has 4 rings (SSSR count). The van der Waals surface area contributed by atoms with Crippen LogP contribution < -0.4 is 10.2 Å². The second-order valence-electron chi connectivity index (χ2n) is 6.12. The Hall–Kier alpha value is -2.78. The lowest BCUT2D eigenvalue weighted by molar-refractivity contribution is -0.384. The van der Waals surface area contributed by atoms with Crippen molar-refractivity contribution in [2.75, 3.05) is 23.3 Å². The van der Waals surface area contributed by atoms with E-state index in [0.29, 0.717) is 10.8 Å². The number of nitrogens with one attached hydrogen (secondary N) is 1. The number of thiophene rings is 1. The van der Waals surface area contributed by atoms with E-state index < -0.39 is 10.8 Å². The SMILES string of the molecule is O=C(Nc1nc(-c2cccs2)cs1)c1ccc(N2CCCC2)c([N+](=O)[O-])c1. The highest BCUT2D eigenvalue weighted by atomic mass is 32.1. The highest BCUT2D eigenvalue weighted by molar-refractivity contribution is 7.16. The summed E-state index contributed by atoms with van der Waals surface area (Å²) in [6.45, 7) is 1.61. The first-order valence-electron chi connectivity index (χ1n) is 8.46. The number of carbonyl (C=O) groups excluding carboxylic acids is 1. The van der Waals surface area contributed by atoms with Crippen LogP contribution in [0.3, 0.4) is 0 Å². The van der Waals surface area contributed by atoms with Crippen LogP contribution in [0.4, 0.5) is 16.5 Å². The van der Waals surface area contributed by atoms with E-state index in [1.807, 2.05) is 27.8 Å². The van der Waals surface area contributed by atoms with Gasteiger partial charge in [0.05, 0.1) is 15.5 Å². The fraction of sp³-hybridized carbons (Fsp3) is 0.222. The summed E-state index contributed by atoms with van der Waals surface area (Å²) >= 11 is 2.90. The van der Waals surface area contributed by atoms with Gasteiger partial charge in [0.1, 0.15) is 5.69 Å². The maximum absolute atomic E-state index is 12.5. The van der Waals surface area contributed by atoms with Gasteiger partial charge in [-0.15, -0.1) is 22.7 Å². The minimum atomic E-state index is -0.428. The van der Waals surface area contributed by atoms with Gasteiger partial charge in [-0.05, 0) is 36.4 Å². The number of benzene rings is 1. The number of nitro benzene ring substituents is 1. The summed E-state index contributed by atoms with van der Waals surface area (Å²) in [5.41, 5.74) is 1.59. The molecule has 3 aromatic rings. The minimum absolute atomic E-state index is 0.0389. The minimum Gasteiger partial charge on any atom is -0.366 e. The van der Waals surface area contributed by atoms with Crippen LogP contribution in [-0.2, 0) is 0 Å². The normalized spacial score (nSPS) is 13.7. The number of rotatable bonds is 5. The number of amides is 1. The Morgan fingerprint density at radius 1 is 1.22 bits per heavy atom. The van der Waals surface area contributed by atoms with Gasteiger partial charge in [0.2, 0.25) is 0 Å². The summed E-state index contributed by atoms with van der Waals surface area (Å²) in [5, 5.41) is 18.5. The number of nitro groups is 1. The van der Waals surface area contributed by atoms with Crippen LogP contribution in [0.1, 0.15) is 23.2 Å². The van der Waals surface area contributed by atoms with Gasteiger partial charge >= 0.3 is 0 Å². The van der Waals surface area contributed by atoms with E-state index in [2.05, 4.69) is 10.3 Å². The molecule has 2 aromatic heterocycles. The first kappa shape index (κ1) is 17.6. The van der Waals surface area contributed by atoms with E-state index in [1.165, 1.54) is 17.4 Å². The van der Waals surface area contributed by atoms with Crippen molar-refractivity contribution in [2.45, 2.75) is 12.8 Å². The molecule has 1 saturated heterocycles. The summed E-state index contributed by atoms with van der Waals surface area (Å²) in [6, 6.07) is 8.54. The van der Waals surface area contributed by atoms with Crippen LogP contribution in [0, 0.1) is 10.1 Å². The molecule has 1 fully saturated rings. The van der Waals surface area contributed by atoms with E-state index in [9.17, 15) is 14.9 Å². The van der Waals surface area contributed by atoms with Crippen molar-refractivity contribution in [2.24, 2.45) is 0 Å². The lowest BCUT2D eigenvalue weighted by atomic mass is 10.1. The average molecular weight is 400 g/mol. The van der Waals surface area contributed by atoms with Gasteiger partial charge in [0.15, 0.2) is 5.13 Å². The monoisotopic (exact) mass is 400 g/mol. The van der Waals surface area contributed by atoms with E-state index in [1.54, 1.807) is 23.5 Å². The molecule has 9 heteroatoms. The van der Waals surface area contributed by atoms with Crippen LogP contribution in [0.25, 0.3) is 10.6 Å². The molecule has 1 aliphatic rings. The molecule has 0 unspecified atom stereocenters. The number of aromatic nitrogens is 1. The molecule has 0 radical (unpaired) electrons. The second kappa shape index (κ2) is 7.45. The third-order valence-electron chi connectivity index (χ3n) is 4.38. The number of anilines is 2. The van der Waals surface area contributed by atoms with Crippen molar-refractivity contribution in [3.63, 3.8) is 0 Å². The van der Waals surface area contributed by atoms with Crippen LogP contribution in [0.15, 0.2) is 41.1 Å². The predicted octanol–water partition coefficient (Wildman–Crippen LogP) is 4.63. The van der Waals surface area contributed by atoms with E-state index in [0.717, 1.165) is 36.5 Å². The second-order valence-corrected chi connectivity index (χ2v) is 7.93. The Morgan fingerprint density at radius 3 is 2.74 bits per heavy atom. The zero-order chi connectivity index (χ0) is 18.8. The molecule has 1 N–H and O–H groups in total. The van der Waals surface area contributed by atoms with E-state index in [4.69, 9.17) is 0 Å². The molecular formula is C18H16N4O3S2. The molecule has 1 aromatic carbocycles. The lowest BCUT2D eigenvalue weighted by Crippen LogP contribution is -2.19. The number of carbonyl (C=O) groups is 1. The van der Waals surface area contributed by atoms with Gasteiger partial charge in [-0.3, -0.25) is 20.2 Å². The summed E-state index contributed by atoms with van der Waals surface area (Å²) in [7, 11) is 0. The van der Waals surface area contributed by atoms with Gasteiger partial charge in [0.25, 0.3) is 11.6 Å². The Morgan fingerprint density at radius 2 is 2.04 bits per heavy atom. The number of thiazole rings is 1. The molecular weight excluding hydrogens is 384 g/mol. The van der Waals surface area contributed by atoms with Crippen LogP contribution >= 0.6 is 22.7 Å². The topological polar surface area (TPSA) is 88.4 Å². The largest absolute Gasteiger partial charge is 0.366 e. The Labute approximate surface area is 163 Å². The fourth-order valence-electron chi connectivity index (χ4n) is 3.07. The molecule has 0 spiro atoms. The highest BCUT2D eigenvalue weighted by Crippen LogP contribution is 2.32. The molecule has 1 amide bonds. The van der Waals surface area contributed by atoms with Crippen molar-refractivity contribution in [1.82, 2.24) is 4.98 Å². The zero-order valence-electron chi connectivity index (χ0n) is 14.3. The zero-order valence-corrected chi connectivity index (χ0v) is 15.9. The summed E-state index contributed by atoms with van der Waals surface area (Å²) in [6.07, 6.45) is 2.05. The highest BCUT2D eigenvalue weighted by Gasteiger charge is 2.24. The quantitative estimate of drug-likeness (QED) is 0.498. The summed E-state index contributed by atoms with van der Waals surface area (Å²) < 4.78 is 0. The first-order valence-corrected chi connectivity index (χ1v) is 10.2. The molecule has 27 heavy (non-hydrogen) atoms. The van der Waals surface area contributed by atoms with Crippen molar-refractivity contribution >= 4 is 45.1 Å². The standard InChI is InChI=1S/C18H16N4O3S2/c23-17(20-18-19-13(11-27-18)16-4-3-9-26-16)12-5-6-14(15(10-12)22(24)25)21-7-1-2-8-21/h3-6,9-11H,1-2,7-8H2,(H,19,20,23). The molecule has 1 aliphatic heterocycles. The Bertz CT molecular complexity index is 978. The maximum atomic E-state index is 12.5. The fourth-order valence-corrected chi connectivity index (χ4v) is 4.54. The number of hydrogen-bond donors (Lipinski definition) is 1. The predicted molar refractivity (Wildman–Crippen MR) is 108 cm³/mol. The summed E-state index contributed by atoms with van der Waals surface area (Å²) in [5.74, 6) is -0.404.